The van der Waals surface area contributed by atoms with Crippen molar-refractivity contribution in [3.63, 3.8) is 0 Å². The van der Waals surface area contributed by atoms with Crippen LogP contribution in [0.5, 0.6) is 0 Å². The molecule has 1 aromatic rings. The fourth-order valence-electron chi connectivity index (χ4n) is 2.86. The third-order valence-electron chi connectivity index (χ3n) is 3.77. The van der Waals surface area contributed by atoms with E-state index < -0.39 is 0 Å². The molecule has 0 bridgehead atoms. The first-order chi connectivity index (χ1) is 8.76. The van der Waals surface area contributed by atoms with Gasteiger partial charge in [0.05, 0.1) is 0 Å². The quantitative estimate of drug-likeness (QED) is 0.743. The highest BCUT2D eigenvalue weighted by Gasteiger charge is 2.14. The number of hydrogen-bond donors (Lipinski definition) is 0. The van der Waals surface area contributed by atoms with Crippen molar-refractivity contribution in [3.05, 3.63) is 35.4 Å². The van der Waals surface area contributed by atoms with Crippen molar-refractivity contribution in [2.24, 2.45) is 0 Å². The lowest BCUT2D eigenvalue weighted by Gasteiger charge is -2.28. The lowest BCUT2D eigenvalue weighted by molar-refractivity contribution is 0.744. The molecule has 0 unspecified atom stereocenters. The molecule has 1 aliphatic heterocycles. The molecule has 18 heavy (non-hydrogen) atoms. The van der Waals surface area contributed by atoms with Gasteiger partial charge in [0.25, 0.3) is 0 Å². The molecule has 0 spiro atoms. The molecule has 0 radical (unpaired) electrons. The second-order valence-corrected chi connectivity index (χ2v) is 5.26. The highest BCUT2D eigenvalue weighted by Crippen LogP contribution is 2.30. The average molecular weight is 243 g/mol. The predicted octanol–water partition coefficient (Wildman–Crippen LogP) is 4.66. The third kappa shape index (κ3) is 2.77. The number of nitrogens with zero attached hydrogens (tertiary/aromatic N) is 1. The van der Waals surface area contributed by atoms with Crippen molar-refractivity contribution in [1.29, 1.82) is 0 Å². The molecule has 98 valence electrons. The Balaban J connectivity index is 2.32. The Kier molecular flexibility index (Phi) is 4.46. The molecule has 0 aliphatic carbocycles. The number of aryl methyl sites for hydroxylation is 1. The number of allylic oxidation sites excluding steroid dienone is 2. The maximum absolute atomic E-state index is 2.42. The lowest BCUT2D eigenvalue weighted by atomic mass is 9.94. The Labute approximate surface area is 112 Å². The van der Waals surface area contributed by atoms with Gasteiger partial charge in [0.1, 0.15) is 0 Å². The monoisotopic (exact) mass is 243 g/mol. The topological polar surface area (TPSA) is 3.24 Å². The first-order valence-corrected chi connectivity index (χ1v) is 7.29. The van der Waals surface area contributed by atoms with Crippen LogP contribution in [0.15, 0.2) is 24.3 Å². The summed E-state index contributed by atoms with van der Waals surface area (Å²) in [5, 5.41) is 0. The Morgan fingerprint density at radius 3 is 2.89 bits per heavy atom. The molecule has 1 aromatic carbocycles. The van der Waals surface area contributed by atoms with Crippen LogP contribution in [0.2, 0.25) is 0 Å². The fraction of sp³-hybridized carbons (Fsp3) is 0.529. The van der Waals surface area contributed by atoms with Gasteiger partial charge >= 0.3 is 0 Å². The molecule has 1 heteroatoms. The number of benzene rings is 1. The summed E-state index contributed by atoms with van der Waals surface area (Å²) in [6.07, 6.45) is 8.46. The highest BCUT2D eigenvalue weighted by molar-refractivity contribution is 5.70. The summed E-state index contributed by atoms with van der Waals surface area (Å²) >= 11 is 0. The van der Waals surface area contributed by atoms with E-state index in [0.717, 1.165) is 6.42 Å². The van der Waals surface area contributed by atoms with E-state index in [-0.39, 0.29) is 0 Å². The van der Waals surface area contributed by atoms with Gasteiger partial charge in [-0.15, -0.1) is 0 Å². The van der Waals surface area contributed by atoms with Gasteiger partial charge < -0.3 is 4.90 Å². The molecule has 1 aliphatic rings. The summed E-state index contributed by atoms with van der Waals surface area (Å²) in [5.74, 6) is 0. The summed E-state index contributed by atoms with van der Waals surface area (Å²) in [4.78, 5) is 2.38. The summed E-state index contributed by atoms with van der Waals surface area (Å²) in [6, 6.07) is 7.03. The molecular weight excluding hydrogens is 218 g/mol. The minimum Gasteiger partial charge on any atom is -0.374 e. The number of fused-ring (bicyclic) bond motifs is 1. The van der Waals surface area contributed by atoms with Crippen LogP contribution in [0.3, 0.4) is 0 Å². The van der Waals surface area contributed by atoms with E-state index in [4.69, 9.17) is 0 Å². The molecule has 0 aromatic heterocycles. The third-order valence-corrected chi connectivity index (χ3v) is 3.77. The first-order valence-electron chi connectivity index (χ1n) is 7.29. The smallest absolute Gasteiger partial charge is 0.0396 e. The van der Waals surface area contributed by atoms with E-state index in [1.165, 1.54) is 54.6 Å². The minimum absolute atomic E-state index is 1.13. The van der Waals surface area contributed by atoms with Gasteiger partial charge in [-0.25, -0.2) is 0 Å². The Morgan fingerprint density at radius 2 is 2.17 bits per heavy atom. The van der Waals surface area contributed by atoms with Crippen LogP contribution in [-0.4, -0.2) is 13.6 Å². The van der Waals surface area contributed by atoms with Crippen LogP contribution in [0, 0.1) is 0 Å². The molecule has 1 heterocycles. The summed E-state index contributed by atoms with van der Waals surface area (Å²) in [7, 11) is 2.20. The van der Waals surface area contributed by atoms with Crippen LogP contribution < -0.4 is 4.90 Å². The van der Waals surface area contributed by atoms with Crippen molar-refractivity contribution in [2.75, 3.05) is 18.5 Å². The van der Waals surface area contributed by atoms with E-state index in [0.29, 0.717) is 0 Å². The molecule has 0 N–H and O–H groups in total. The van der Waals surface area contributed by atoms with Gasteiger partial charge in [0.2, 0.25) is 0 Å². The standard InChI is InChI=1S/C17H25N/c1-4-7-14(8-5-2)15-10-11-17-16(13-15)9-6-12-18(17)3/h7,10-11,13H,4-6,8-9,12H2,1-3H3. The van der Waals surface area contributed by atoms with E-state index in [2.05, 4.69) is 50.1 Å². The Hall–Kier alpha value is -1.24. The van der Waals surface area contributed by atoms with Crippen LogP contribution >= 0.6 is 0 Å². The molecular formula is C17H25N. The van der Waals surface area contributed by atoms with Gasteiger partial charge in [-0.2, -0.15) is 0 Å². The van der Waals surface area contributed by atoms with E-state index >= 15 is 0 Å². The van der Waals surface area contributed by atoms with Crippen molar-refractivity contribution in [1.82, 2.24) is 0 Å². The maximum Gasteiger partial charge on any atom is 0.0396 e. The van der Waals surface area contributed by atoms with Crippen LogP contribution in [0.1, 0.15) is 50.7 Å². The van der Waals surface area contributed by atoms with Crippen molar-refractivity contribution >= 4 is 11.3 Å². The largest absolute Gasteiger partial charge is 0.374 e. The second kappa shape index (κ2) is 6.08. The van der Waals surface area contributed by atoms with Crippen LogP contribution in [-0.2, 0) is 6.42 Å². The van der Waals surface area contributed by atoms with E-state index in [1.807, 2.05) is 0 Å². The molecule has 0 saturated heterocycles. The van der Waals surface area contributed by atoms with Crippen molar-refractivity contribution in [3.8, 4) is 0 Å². The molecule has 0 amide bonds. The normalized spacial score (nSPS) is 15.7. The van der Waals surface area contributed by atoms with Crippen molar-refractivity contribution < 1.29 is 0 Å². The average Bonchev–Trinajstić information content (AvgIpc) is 2.38. The number of anilines is 1. The molecule has 0 saturated carbocycles. The fourth-order valence-corrected chi connectivity index (χ4v) is 2.86. The minimum atomic E-state index is 1.13. The molecule has 0 atom stereocenters. The molecule has 2 rings (SSSR count). The zero-order chi connectivity index (χ0) is 13.0. The summed E-state index contributed by atoms with van der Waals surface area (Å²) in [5.41, 5.74) is 5.92. The summed E-state index contributed by atoms with van der Waals surface area (Å²) < 4.78 is 0. The Bertz CT molecular complexity index is 431. The van der Waals surface area contributed by atoms with Crippen molar-refractivity contribution in [2.45, 2.75) is 46.0 Å². The summed E-state index contributed by atoms with van der Waals surface area (Å²) in [6.45, 7) is 5.68. The second-order valence-electron chi connectivity index (χ2n) is 5.26. The first kappa shape index (κ1) is 13.2. The van der Waals surface area contributed by atoms with Gasteiger partial charge in [-0.3, -0.25) is 0 Å². The highest BCUT2D eigenvalue weighted by atomic mass is 15.1. The SMILES string of the molecule is CCC=C(CCC)c1ccc2c(c1)CCCN2C. The molecule has 0 fully saturated rings. The Morgan fingerprint density at radius 1 is 1.33 bits per heavy atom. The predicted molar refractivity (Wildman–Crippen MR) is 81.2 cm³/mol. The van der Waals surface area contributed by atoms with Gasteiger partial charge in [0, 0.05) is 19.3 Å². The zero-order valence-electron chi connectivity index (χ0n) is 12.0. The number of rotatable bonds is 4. The van der Waals surface area contributed by atoms with E-state index in [1.54, 1.807) is 0 Å². The number of hydrogen-bond acceptors (Lipinski definition) is 1. The lowest BCUT2D eigenvalue weighted by Crippen LogP contribution is -2.24. The van der Waals surface area contributed by atoms with Gasteiger partial charge in [-0.05, 0) is 54.5 Å². The zero-order valence-corrected chi connectivity index (χ0v) is 12.0. The van der Waals surface area contributed by atoms with E-state index in [9.17, 15) is 0 Å². The van der Waals surface area contributed by atoms with Crippen LogP contribution in [0.25, 0.3) is 5.57 Å². The van der Waals surface area contributed by atoms with Gasteiger partial charge in [-0.1, -0.05) is 32.4 Å². The maximum atomic E-state index is 2.42. The molecule has 1 nitrogen and oxygen atoms in total. The van der Waals surface area contributed by atoms with Crippen LogP contribution in [0.4, 0.5) is 5.69 Å². The van der Waals surface area contributed by atoms with Gasteiger partial charge in [0.15, 0.2) is 0 Å².